The van der Waals surface area contributed by atoms with Gasteiger partial charge in [-0.2, -0.15) is 0 Å². The molecular weight excluding hydrogens is 416 g/mol. The molecule has 0 unspecified atom stereocenters. The van der Waals surface area contributed by atoms with Gasteiger partial charge in [0.2, 0.25) is 0 Å². The Bertz CT molecular complexity index is 995. The minimum Gasteiger partial charge on any atom is -0.268 e. The Morgan fingerprint density at radius 2 is 1.29 bits per heavy atom. The Kier molecular flexibility index (Phi) is 5.75. The van der Waals surface area contributed by atoms with Crippen LogP contribution in [0.5, 0.6) is 0 Å². The number of hydrogen-bond acceptors (Lipinski definition) is 3. The molecule has 1 heterocycles. The summed E-state index contributed by atoms with van der Waals surface area (Å²) in [5.41, 5.74) is 4.72. The van der Waals surface area contributed by atoms with Crippen LogP contribution in [0.15, 0.2) is 59.2 Å². The lowest BCUT2D eigenvalue weighted by atomic mass is 10.0. The highest BCUT2D eigenvalue weighted by Crippen LogP contribution is 2.23. The summed E-state index contributed by atoms with van der Waals surface area (Å²) in [6.07, 6.45) is 1.58. The number of benzene rings is 2. The zero-order chi connectivity index (χ0) is 20.4. The molecule has 0 saturated carbocycles. The van der Waals surface area contributed by atoms with Crippen LogP contribution in [0.2, 0.25) is 0 Å². The average molecular weight is 437 g/mol. The van der Waals surface area contributed by atoms with E-state index in [-0.39, 0.29) is 5.82 Å². The lowest BCUT2D eigenvalue weighted by molar-refractivity contribution is 0.0896. The number of pyridine rings is 1. The van der Waals surface area contributed by atoms with Crippen LogP contribution >= 0.6 is 15.9 Å². The van der Waals surface area contributed by atoms with Crippen LogP contribution in [0.4, 0.5) is 5.82 Å². The first-order valence-corrected chi connectivity index (χ1v) is 9.72. The molecule has 3 rings (SSSR count). The number of rotatable bonds is 3. The standard InChI is InChI=1S/C23H21BrN2O2/c1-14-5-8-19(16(3)11-14)22(27)26(21-10-7-18(24)13-25-21)23(28)20-9-6-15(2)12-17(20)4/h5-13H,1-4H3. The molecule has 28 heavy (non-hydrogen) atoms. The van der Waals surface area contributed by atoms with Crippen LogP contribution in [-0.2, 0) is 0 Å². The van der Waals surface area contributed by atoms with Gasteiger partial charge in [-0.05, 0) is 79.0 Å². The molecule has 0 spiro atoms. The van der Waals surface area contributed by atoms with Crippen molar-refractivity contribution in [3.8, 4) is 0 Å². The van der Waals surface area contributed by atoms with Crippen molar-refractivity contribution in [2.45, 2.75) is 27.7 Å². The third kappa shape index (κ3) is 4.04. The summed E-state index contributed by atoms with van der Waals surface area (Å²) in [5.74, 6) is -0.493. The normalized spacial score (nSPS) is 10.6. The molecule has 0 radical (unpaired) electrons. The molecule has 1 aromatic heterocycles. The fraction of sp³-hybridized carbons (Fsp3) is 0.174. The fourth-order valence-electron chi connectivity index (χ4n) is 3.15. The zero-order valence-electron chi connectivity index (χ0n) is 16.3. The summed E-state index contributed by atoms with van der Waals surface area (Å²) in [5, 5.41) is 0. The summed E-state index contributed by atoms with van der Waals surface area (Å²) in [4.78, 5) is 32.3. The van der Waals surface area contributed by atoms with Crippen molar-refractivity contribution in [1.82, 2.24) is 4.98 Å². The Hall–Kier alpha value is -2.79. The highest BCUT2D eigenvalue weighted by Gasteiger charge is 2.28. The lowest BCUT2D eigenvalue weighted by Gasteiger charge is -2.22. The van der Waals surface area contributed by atoms with E-state index in [4.69, 9.17) is 0 Å². The molecule has 0 atom stereocenters. The van der Waals surface area contributed by atoms with Crippen LogP contribution in [0, 0.1) is 27.7 Å². The Labute approximate surface area is 173 Å². The zero-order valence-corrected chi connectivity index (χ0v) is 17.9. The van der Waals surface area contributed by atoms with Crippen LogP contribution in [0.1, 0.15) is 43.0 Å². The lowest BCUT2D eigenvalue weighted by Crippen LogP contribution is -2.38. The van der Waals surface area contributed by atoms with Gasteiger partial charge in [0.15, 0.2) is 0 Å². The smallest absolute Gasteiger partial charge is 0.266 e. The number of carbonyl (C=O) groups excluding carboxylic acids is 2. The number of amides is 2. The van der Waals surface area contributed by atoms with Crippen molar-refractivity contribution in [3.63, 3.8) is 0 Å². The first-order chi connectivity index (χ1) is 13.3. The SMILES string of the molecule is Cc1ccc(C(=O)N(C(=O)c2ccc(C)cc2C)c2ccc(Br)cn2)c(C)c1. The van der Waals surface area contributed by atoms with Gasteiger partial charge in [0.05, 0.1) is 0 Å². The third-order valence-corrected chi connectivity index (χ3v) is 5.04. The maximum absolute atomic E-state index is 13.4. The van der Waals surface area contributed by atoms with E-state index in [1.165, 1.54) is 0 Å². The second-order valence-electron chi connectivity index (χ2n) is 6.92. The minimum atomic E-state index is -0.391. The van der Waals surface area contributed by atoms with E-state index in [1.807, 2.05) is 52.0 Å². The number of aromatic nitrogens is 1. The maximum atomic E-state index is 13.4. The maximum Gasteiger partial charge on any atom is 0.266 e. The van der Waals surface area contributed by atoms with E-state index >= 15 is 0 Å². The number of imide groups is 1. The molecule has 2 aromatic carbocycles. The number of hydrogen-bond donors (Lipinski definition) is 0. The van der Waals surface area contributed by atoms with Crippen molar-refractivity contribution in [3.05, 3.63) is 92.6 Å². The highest BCUT2D eigenvalue weighted by atomic mass is 79.9. The van der Waals surface area contributed by atoms with Crippen LogP contribution in [0.3, 0.4) is 0 Å². The molecule has 5 heteroatoms. The van der Waals surface area contributed by atoms with Gasteiger partial charge in [-0.15, -0.1) is 0 Å². The van der Waals surface area contributed by atoms with Crippen LogP contribution < -0.4 is 4.90 Å². The van der Waals surface area contributed by atoms with Gasteiger partial charge >= 0.3 is 0 Å². The summed E-state index contributed by atoms with van der Waals surface area (Å²) in [6, 6.07) is 14.5. The van der Waals surface area contributed by atoms with Crippen molar-refractivity contribution in [2.24, 2.45) is 0 Å². The molecule has 0 aliphatic rings. The highest BCUT2D eigenvalue weighted by molar-refractivity contribution is 9.10. The molecule has 0 fully saturated rings. The summed E-state index contributed by atoms with van der Waals surface area (Å²) >= 11 is 3.35. The van der Waals surface area contributed by atoms with Gasteiger partial charge in [-0.1, -0.05) is 35.4 Å². The average Bonchev–Trinajstić information content (AvgIpc) is 2.63. The molecule has 0 aliphatic heterocycles. The van der Waals surface area contributed by atoms with Gasteiger partial charge in [-0.25, -0.2) is 9.88 Å². The molecule has 0 saturated heterocycles. The summed E-state index contributed by atoms with van der Waals surface area (Å²) < 4.78 is 0.772. The second-order valence-corrected chi connectivity index (χ2v) is 7.83. The second kappa shape index (κ2) is 8.07. The third-order valence-electron chi connectivity index (χ3n) is 4.57. The summed E-state index contributed by atoms with van der Waals surface area (Å²) in [6.45, 7) is 7.68. The van der Waals surface area contributed by atoms with E-state index < -0.39 is 11.8 Å². The van der Waals surface area contributed by atoms with Crippen molar-refractivity contribution in [2.75, 3.05) is 4.90 Å². The predicted octanol–water partition coefficient (Wildman–Crippen LogP) is 5.56. The van der Waals surface area contributed by atoms with E-state index in [9.17, 15) is 9.59 Å². The quantitative estimate of drug-likeness (QED) is 0.504. The molecule has 3 aromatic rings. The van der Waals surface area contributed by atoms with E-state index in [0.717, 1.165) is 31.6 Å². The van der Waals surface area contributed by atoms with Crippen molar-refractivity contribution < 1.29 is 9.59 Å². The van der Waals surface area contributed by atoms with Gasteiger partial charge in [0.25, 0.3) is 11.8 Å². The monoisotopic (exact) mass is 436 g/mol. The first-order valence-electron chi connectivity index (χ1n) is 8.93. The van der Waals surface area contributed by atoms with Gasteiger partial charge in [0.1, 0.15) is 5.82 Å². The minimum absolute atomic E-state index is 0.290. The van der Waals surface area contributed by atoms with Crippen LogP contribution in [-0.4, -0.2) is 16.8 Å². The van der Waals surface area contributed by atoms with E-state index in [2.05, 4.69) is 20.9 Å². The van der Waals surface area contributed by atoms with Gasteiger partial charge < -0.3 is 0 Å². The van der Waals surface area contributed by atoms with Crippen molar-refractivity contribution >= 4 is 33.6 Å². The summed E-state index contributed by atoms with van der Waals surface area (Å²) in [7, 11) is 0. The van der Waals surface area contributed by atoms with Gasteiger partial charge in [0, 0.05) is 21.8 Å². The molecule has 142 valence electrons. The number of anilines is 1. The molecular formula is C23H21BrN2O2. The Morgan fingerprint density at radius 1 is 0.786 bits per heavy atom. The van der Waals surface area contributed by atoms with Crippen LogP contribution in [0.25, 0.3) is 0 Å². The number of nitrogens with zero attached hydrogens (tertiary/aromatic N) is 2. The predicted molar refractivity (Wildman–Crippen MR) is 115 cm³/mol. The van der Waals surface area contributed by atoms with Gasteiger partial charge in [-0.3, -0.25) is 9.59 Å². The van der Waals surface area contributed by atoms with E-state index in [0.29, 0.717) is 11.1 Å². The number of aryl methyl sites for hydroxylation is 4. The molecule has 2 amide bonds. The largest absolute Gasteiger partial charge is 0.268 e. The topological polar surface area (TPSA) is 50.3 Å². The first kappa shape index (κ1) is 20.0. The molecule has 0 N–H and O–H groups in total. The van der Waals surface area contributed by atoms with Crippen molar-refractivity contribution in [1.29, 1.82) is 0 Å². The Morgan fingerprint density at radius 3 is 1.68 bits per heavy atom. The number of halogens is 1. The fourth-order valence-corrected chi connectivity index (χ4v) is 3.38. The number of carbonyl (C=O) groups is 2. The molecule has 4 nitrogen and oxygen atoms in total. The Balaban J connectivity index is 2.13. The molecule has 0 bridgehead atoms. The van der Waals surface area contributed by atoms with E-state index in [1.54, 1.807) is 30.5 Å². The molecule has 0 aliphatic carbocycles.